The Morgan fingerprint density at radius 1 is 1.20 bits per heavy atom. The van der Waals surface area contributed by atoms with E-state index < -0.39 is 5.41 Å². The summed E-state index contributed by atoms with van der Waals surface area (Å²) in [6.07, 6.45) is 0.304. The molecule has 5 amide bonds. The van der Waals surface area contributed by atoms with Crippen LogP contribution in [0.4, 0.5) is 9.59 Å². The number of benzene rings is 1. The lowest BCUT2D eigenvalue weighted by atomic mass is 9.86. The average Bonchev–Trinajstić information content (AvgIpc) is 2.96. The van der Waals surface area contributed by atoms with Crippen molar-refractivity contribution in [1.29, 1.82) is 0 Å². The number of carbonyl (C=O) groups excluding carboxylic acids is 3. The zero-order chi connectivity index (χ0) is 21.7. The molecule has 1 aromatic carbocycles. The van der Waals surface area contributed by atoms with Crippen LogP contribution in [-0.2, 0) is 11.3 Å². The fourth-order valence-corrected chi connectivity index (χ4v) is 3.99. The fraction of sp³-hybridized carbons (Fsp3) is 0.571. The van der Waals surface area contributed by atoms with Crippen LogP contribution >= 0.6 is 0 Å². The lowest BCUT2D eigenvalue weighted by Gasteiger charge is -2.32. The Balaban J connectivity index is 1.68. The number of nitrogens with zero attached hydrogens (tertiary/aromatic N) is 2. The Kier molecular flexibility index (Phi) is 6.69. The zero-order valence-corrected chi connectivity index (χ0v) is 17.9. The molecule has 0 saturated carbocycles. The van der Waals surface area contributed by atoms with E-state index in [-0.39, 0.29) is 24.0 Å². The largest absolute Gasteiger partial charge is 0.497 e. The van der Waals surface area contributed by atoms with Crippen LogP contribution in [0.25, 0.3) is 0 Å². The molecule has 3 N–H and O–H groups in total. The predicted octanol–water partition coefficient (Wildman–Crippen LogP) is 1.15. The highest BCUT2D eigenvalue weighted by Gasteiger charge is 2.44. The van der Waals surface area contributed by atoms with Gasteiger partial charge in [-0.3, -0.25) is 4.79 Å². The van der Waals surface area contributed by atoms with Crippen LogP contribution in [0.1, 0.15) is 25.8 Å². The van der Waals surface area contributed by atoms with E-state index in [2.05, 4.69) is 16.0 Å². The van der Waals surface area contributed by atoms with E-state index in [4.69, 9.17) is 4.74 Å². The molecule has 3 rings (SSSR count). The van der Waals surface area contributed by atoms with Gasteiger partial charge in [0.1, 0.15) is 5.75 Å². The Bertz CT molecular complexity index is 799. The minimum Gasteiger partial charge on any atom is -0.497 e. The first kappa shape index (κ1) is 21.7. The molecule has 2 fully saturated rings. The van der Waals surface area contributed by atoms with E-state index >= 15 is 0 Å². The van der Waals surface area contributed by atoms with Crippen molar-refractivity contribution in [3.05, 3.63) is 29.8 Å². The molecule has 0 aliphatic carbocycles. The normalized spacial score (nSPS) is 21.4. The molecule has 1 aromatic rings. The predicted molar refractivity (Wildman–Crippen MR) is 112 cm³/mol. The summed E-state index contributed by atoms with van der Waals surface area (Å²) in [6, 6.07) is 7.17. The number of methoxy groups -OCH3 is 1. The smallest absolute Gasteiger partial charge is 0.317 e. The number of amides is 5. The molecule has 1 atom stereocenters. The molecular weight excluding hydrogens is 386 g/mol. The van der Waals surface area contributed by atoms with Crippen molar-refractivity contribution in [3.8, 4) is 5.75 Å². The fourth-order valence-electron chi connectivity index (χ4n) is 3.99. The number of rotatable bonds is 4. The van der Waals surface area contributed by atoms with Gasteiger partial charge < -0.3 is 30.5 Å². The summed E-state index contributed by atoms with van der Waals surface area (Å²) >= 11 is 0. The summed E-state index contributed by atoms with van der Waals surface area (Å²) in [5, 5.41) is 8.73. The number of ether oxygens (including phenoxy) is 1. The zero-order valence-electron chi connectivity index (χ0n) is 17.9. The van der Waals surface area contributed by atoms with Crippen molar-refractivity contribution in [1.82, 2.24) is 25.8 Å². The molecule has 0 radical (unpaired) electrons. The second-order valence-corrected chi connectivity index (χ2v) is 8.41. The molecule has 2 aliphatic heterocycles. The molecule has 2 heterocycles. The van der Waals surface area contributed by atoms with E-state index in [1.807, 2.05) is 38.1 Å². The molecular formula is C21H31N5O4. The third kappa shape index (κ3) is 5.34. The third-order valence-electron chi connectivity index (χ3n) is 5.45. The van der Waals surface area contributed by atoms with Gasteiger partial charge in [0.2, 0.25) is 5.91 Å². The Hall–Kier alpha value is -2.97. The first-order chi connectivity index (χ1) is 14.3. The molecule has 2 saturated heterocycles. The number of hydrogen-bond acceptors (Lipinski definition) is 4. The highest BCUT2D eigenvalue weighted by atomic mass is 16.5. The average molecular weight is 418 g/mol. The van der Waals surface area contributed by atoms with E-state index in [1.54, 1.807) is 16.9 Å². The van der Waals surface area contributed by atoms with Gasteiger partial charge in [-0.1, -0.05) is 12.1 Å². The summed E-state index contributed by atoms with van der Waals surface area (Å²) < 4.78 is 5.22. The van der Waals surface area contributed by atoms with Crippen LogP contribution in [0.3, 0.4) is 0 Å². The monoisotopic (exact) mass is 417 g/mol. The van der Waals surface area contributed by atoms with Crippen molar-refractivity contribution in [2.45, 2.75) is 32.9 Å². The van der Waals surface area contributed by atoms with Crippen LogP contribution in [0, 0.1) is 5.41 Å². The highest BCUT2D eigenvalue weighted by Crippen LogP contribution is 2.31. The minimum atomic E-state index is -0.477. The quantitative estimate of drug-likeness (QED) is 0.684. The van der Waals surface area contributed by atoms with Crippen molar-refractivity contribution in [2.75, 3.05) is 39.8 Å². The molecule has 164 valence electrons. The van der Waals surface area contributed by atoms with Gasteiger partial charge in [-0.15, -0.1) is 0 Å². The van der Waals surface area contributed by atoms with Gasteiger partial charge in [-0.2, -0.15) is 0 Å². The number of nitrogens with one attached hydrogen (secondary N) is 3. The molecule has 9 nitrogen and oxygen atoms in total. The topological polar surface area (TPSA) is 103 Å². The van der Waals surface area contributed by atoms with Gasteiger partial charge in [0.15, 0.2) is 0 Å². The maximum Gasteiger partial charge on any atom is 0.317 e. The third-order valence-corrected chi connectivity index (χ3v) is 5.45. The first-order valence-electron chi connectivity index (χ1n) is 10.3. The van der Waals surface area contributed by atoms with Crippen LogP contribution in [0.15, 0.2) is 24.3 Å². The maximum absolute atomic E-state index is 12.9. The molecule has 9 heteroatoms. The second kappa shape index (κ2) is 9.23. The van der Waals surface area contributed by atoms with Crippen LogP contribution in [-0.4, -0.2) is 73.6 Å². The Morgan fingerprint density at radius 2 is 1.90 bits per heavy atom. The van der Waals surface area contributed by atoms with Crippen molar-refractivity contribution >= 4 is 18.0 Å². The lowest BCUT2D eigenvalue weighted by Crippen LogP contribution is -2.49. The van der Waals surface area contributed by atoms with Crippen molar-refractivity contribution in [2.24, 2.45) is 5.41 Å². The molecule has 0 bridgehead atoms. The van der Waals surface area contributed by atoms with E-state index in [0.29, 0.717) is 45.7 Å². The Labute approximate surface area is 177 Å². The van der Waals surface area contributed by atoms with Gasteiger partial charge in [0, 0.05) is 57.1 Å². The van der Waals surface area contributed by atoms with Crippen LogP contribution < -0.4 is 20.7 Å². The van der Waals surface area contributed by atoms with Crippen LogP contribution in [0.2, 0.25) is 0 Å². The minimum absolute atomic E-state index is 0.0160. The molecule has 0 unspecified atom stereocenters. The van der Waals surface area contributed by atoms with Crippen LogP contribution in [0.5, 0.6) is 5.75 Å². The summed E-state index contributed by atoms with van der Waals surface area (Å²) in [7, 11) is 1.60. The van der Waals surface area contributed by atoms with Crippen molar-refractivity contribution < 1.29 is 19.1 Å². The standard InChI is InChI=1S/C21H31N5O4/c1-15(2)24-20(29)26-8-7-25(13-21(14-26)10-18(27)23-12-21)19(28)22-11-16-5-4-6-17(9-16)30-3/h4-6,9,15H,7-8,10-14H2,1-3H3,(H,22,28)(H,23,27)(H,24,29)/t21-/m0/s1. The lowest BCUT2D eigenvalue weighted by molar-refractivity contribution is -0.119. The number of carbonyl (C=O) groups is 3. The summed E-state index contributed by atoms with van der Waals surface area (Å²) in [5.74, 6) is 0.690. The summed E-state index contributed by atoms with van der Waals surface area (Å²) in [6.45, 7) is 6.32. The number of hydrogen-bond donors (Lipinski definition) is 3. The van der Waals surface area contributed by atoms with Crippen molar-refractivity contribution in [3.63, 3.8) is 0 Å². The SMILES string of the molecule is COc1cccc(CNC(=O)N2CCN(C(=O)NC(C)C)C[C@@]3(CNC(=O)C3)C2)c1. The maximum atomic E-state index is 12.9. The van der Waals surface area contributed by atoms with Gasteiger partial charge in [-0.25, -0.2) is 9.59 Å². The van der Waals surface area contributed by atoms with Gasteiger partial charge in [0.05, 0.1) is 7.11 Å². The summed E-state index contributed by atoms with van der Waals surface area (Å²) in [5.41, 5.74) is 0.456. The highest BCUT2D eigenvalue weighted by molar-refractivity contribution is 5.81. The molecule has 2 aliphatic rings. The van der Waals surface area contributed by atoms with E-state index in [1.165, 1.54) is 0 Å². The van der Waals surface area contributed by atoms with Gasteiger partial charge >= 0.3 is 12.1 Å². The van der Waals surface area contributed by atoms with E-state index in [0.717, 1.165) is 11.3 Å². The van der Waals surface area contributed by atoms with E-state index in [9.17, 15) is 14.4 Å². The molecule has 30 heavy (non-hydrogen) atoms. The number of urea groups is 2. The Morgan fingerprint density at radius 3 is 2.50 bits per heavy atom. The second-order valence-electron chi connectivity index (χ2n) is 8.41. The van der Waals surface area contributed by atoms with Gasteiger partial charge in [-0.05, 0) is 31.5 Å². The molecule has 1 spiro atoms. The van der Waals surface area contributed by atoms with Gasteiger partial charge in [0.25, 0.3) is 0 Å². The summed E-state index contributed by atoms with van der Waals surface area (Å²) in [4.78, 5) is 40.9. The molecule has 0 aromatic heterocycles. The first-order valence-corrected chi connectivity index (χ1v) is 10.3.